The zero-order valence-corrected chi connectivity index (χ0v) is 18.4. The number of aromatic nitrogens is 2. The van der Waals surface area contributed by atoms with Gasteiger partial charge in [-0.05, 0) is 36.8 Å². The number of hydrogen-bond acceptors (Lipinski definition) is 4. The molecule has 3 aromatic rings. The Kier molecular flexibility index (Phi) is 7.04. The molecule has 6 nitrogen and oxygen atoms in total. The van der Waals surface area contributed by atoms with Crippen LogP contribution in [0.15, 0.2) is 59.5 Å². The topological polar surface area (TPSA) is 72.9 Å². The highest BCUT2D eigenvalue weighted by atomic mass is 35.5. The number of allylic oxidation sites excluding steroid dienone is 1. The second-order valence-electron chi connectivity index (χ2n) is 7.88. The highest BCUT2D eigenvalue weighted by molar-refractivity contribution is 5.79. The number of para-hydroxylation sites is 1. The van der Waals surface area contributed by atoms with Gasteiger partial charge in [-0.15, -0.1) is 0 Å². The average molecular weight is 480 g/mol. The van der Waals surface area contributed by atoms with Gasteiger partial charge in [0.25, 0.3) is 5.56 Å². The van der Waals surface area contributed by atoms with Crippen LogP contribution in [0.5, 0.6) is 0 Å². The number of rotatable bonds is 2. The standard InChI is InChI=1S/C23H21F3N4O.ClH.H2O/c24-23(25,26)17-4-3-5-18(14-17)29-12-10-28(11-13-29)15-16-8-9-30-21(16)27-20-7-2-1-6-19(20)22(30)31;;/h1-7,14-15H,8-13H2;1H;1H2/p-1/b16-15-;;. The van der Waals surface area contributed by atoms with Crippen molar-refractivity contribution in [3.63, 3.8) is 0 Å². The van der Waals surface area contributed by atoms with Gasteiger partial charge in [-0.3, -0.25) is 9.36 Å². The van der Waals surface area contributed by atoms with E-state index in [0.717, 1.165) is 18.1 Å². The predicted molar refractivity (Wildman–Crippen MR) is 117 cm³/mol. The highest BCUT2D eigenvalue weighted by Gasteiger charge is 2.31. The van der Waals surface area contributed by atoms with Gasteiger partial charge in [-0.2, -0.15) is 13.2 Å². The Morgan fingerprint density at radius 2 is 1.67 bits per heavy atom. The first-order chi connectivity index (χ1) is 14.9. The van der Waals surface area contributed by atoms with Crippen LogP contribution in [0.1, 0.15) is 17.8 Å². The molecule has 176 valence electrons. The van der Waals surface area contributed by atoms with Crippen molar-refractivity contribution in [2.24, 2.45) is 0 Å². The molecule has 0 saturated carbocycles. The number of nitrogens with zero attached hydrogens (tertiary/aromatic N) is 4. The zero-order valence-electron chi connectivity index (χ0n) is 17.6. The van der Waals surface area contributed by atoms with Crippen LogP contribution >= 0.6 is 0 Å². The minimum Gasteiger partial charge on any atom is -1.00 e. The summed E-state index contributed by atoms with van der Waals surface area (Å²) in [6.07, 6.45) is -1.54. The number of piperazine rings is 1. The van der Waals surface area contributed by atoms with Crippen molar-refractivity contribution in [3.05, 3.63) is 76.5 Å². The first-order valence-electron chi connectivity index (χ1n) is 10.3. The van der Waals surface area contributed by atoms with E-state index in [-0.39, 0.29) is 23.4 Å². The second-order valence-corrected chi connectivity index (χ2v) is 7.88. The molecule has 0 spiro atoms. The monoisotopic (exact) mass is 479 g/mol. The van der Waals surface area contributed by atoms with E-state index in [1.54, 1.807) is 16.7 Å². The van der Waals surface area contributed by atoms with E-state index >= 15 is 0 Å². The maximum atomic E-state index is 13.0. The van der Waals surface area contributed by atoms with Gasteiger partial charge in [0.2, 0.25) is 0 Å². The van der Waals surface area contributed by atoms with Crippen LogP contribution in [0, 0.1) is 0 Å². The maximum Gasteiger partial charge on any atom is 0.416 e. The van der Waals surface area contributed by atoms with Crippen LogP contribution in [0.3, 0.4) is 0 Å². The normalized spacial score (nSPS) is 17.0. The number of hydrogen-bond donors (Lipinski definition) is 0. The summed E-state index contributed by atoms with van der Waals surface area (Å²) in [4.78, 5) is 21.6. The van der Waals surface area contributed by atoms with Crippen LogP contribution < -0.4 is 22.9 Å². The second kappa shape index (κ2) is 9.44. The van der Waals surface area contributed by atoms with Crippen LogP contribution in [-0.2, 0) is 12.7 Å². The van der Waals surface area contributed by atoms with Gasteiger partial charge in [0.15, 0.2) is 0 Å². The summed E-state index contributed by atoms with van der Waals surface area (Å²) in [6, 6.07) is 12.8. The molecule has 2 N–H and O–H groups in total. The number of alkyl halides is 3. The SMILES string of the molecule is O.O=c1c2ccccc2nc2n1CC/C2=C/N1CCN(c2cccc(C(F)(F)F)c2)CC1.[Cl-]. The fourth-order valence-electron chi connectivity index (χ4n) is 4.30. The maximum absolute atomic E-state index is 13.0. The van der Waals surface area contributed by atoms with Gasteiger partial charge in [0.1, 0.15) is 5.82 Å². The van der Waals surface area contributed by atoms with E-state index in [9.17, 15) is 18.0 Å². The van der Waals surface area contributed by atoms with Crippen molar-refractivity contribution < 1.29 is 31.1 Å². The number of fused-ring (bicyclic) bond motifs is 2. The fourth-order valence-corrected chi connectivity index (χ4v) is 4.30. The molecule has 3 heterocycles. The third kappa shape index (κ3) is 4.69. The van der Waals surface area contributed by atoms with Gasteiger partial charge in [-0.25, -0.2) is 4.98 Å². The molecule has 2 aromatic carbocycles. The Morgan fingerprint density at radius 1 is 0.939 bits per heavy atom. The third-order valence-electron chi connectivity index (χ3n) is 5.94. The molecule has 33 heavy (non-hydrogen) atoms. The zero-order chi connectivity index (χ0) is 21.6. The lowest BCUT2D eigenvalue weighted by Gasteiger charge is -2.36. The van der Waals surface area contributed by atoms with Gasteiger partial charge < -0.3 is 27.7 Å². The molecule has 1 aromatic heterocycles. The Hall–Kier alpha value is -3.04. The van der Waals surface area contributed by atoms with E-state index in [1.807, 2.05) is 23.1 Å². The molecule has 1 fully saturated rings. The summed E-state index contributed by atoms with van der Waals surface area (Å²) in [7, 11) is 0. The molecule has 0 bridgehead atoms. The lowest BCUT2D eigenvalue weighted by atomic mass is 10.1. The van der Waals surface area contributed by atoms with Crippen molar-refractivity contribution in [3.8, 4) is 0 Å². The summed E-state index contributed by atoms with van der Waals surface area (Å²) < 4.78 is 40.7. The fraction of sp³-hybridized carbons (Fsp3) is 0.304. The summed E-state index contributed by atoms with van der Waals surface area (Å²) >= 11 is 0. The summed E-state index contributed by atoms with van der Waals surface area (Å²) in [5.41, 5.74) is 1.67. The minimum absolute atomic E-state index is 0. The first kappa shape index (κ1) is 24.6. The van der Waals surface area contributed by atoms with Crippen LogP contribution in [-0.4, -0.2) is 46.1 Å². The molecule has 5 rings (SSSR count). The largest absolute Gasteiger partial charge is 1.00 e. The predicted octanol–water partition coefficient (Wildman–Crippen LogP) is 0.161. The minimum atomic E-state index is -4.34. The molecule has 0 amide bonds. The summed E-state index contributed by atoms with van der Waals surface area (Å²) in [6.45, 7) is 3.25. The smallest absolute Gasteiger partial charge is 0.416 e. The summed E-state index contributed by atoms with van der Waals surface area (Å²) in [5, 5.41) is 0.627. The van der Waals surface area contributed by atoms with Crippen molar-refractivity contribution in [1.82, 2.24) is 14.5 Å². The van der Waals surface area contributed by atoms with Crippen molar-refractivity contribution in [1.29, 1.82) is 0 Å². The molecule has 0 radical (unpaired) electrons. The molecule has 2 aliphatic heterocycles. The Morgan fingerprint density at radius 3 is 2.39 bits per heavy atom. The van der Waals surface area contributed by atoms with Gasteiger partial charge in [-0.1, -0.05) is 18.2 Å². The number of benzene rings is 2. The Bertz CT molecular complexity index is 1230. The van der Waals surface area contributed by atoms with E-state index in [0.29, 0.717) is 55.1 Å². The van der Waals surface area contributed by atoms with E-state index in [2.05, 4.69) is 11.1 Å². The molecule has 0 unspecified atom stereocenters. The molecule has 2 aliphatic rings. The van der Waals surface area contributed by atoms with E-state index in [4.69, 9.17) is 4.98 Å². The molecule has 10 heteroatoms. The van der Waals surface area contributed by atoms with Crippen LogP contribution in [0.2, 0.25) is 0 Å². The summed E-state index contributed by atoms with van der Waals surface area (Å²) in [5.74, 6) is 0.712. The average Bonchev–Trinajstić information content (AvgIpc) is 3.17. The van der Waals surface area contributed by atoms with Crippen LogP contribution in [0.25, 0.3) is 16.5 Å². The first-order valence-corrected chi connectivity index (χ1v) is 10.3. The molecule has 0 atom stereocenters. The van der Waals surface area contributed by atoms with E-state index in [1.165, 1.54) is 12.1 Å². The molecule has 1 saturated heterocycles. The van der Waals surface area contributed by atoms with Crippen molar-refractivity contribution >= 4 is 22.2 Å². The third-order valence-corrected chi connectivity index (χ3v) is 5.94. The lowest BCUT2D eigenvalue weighted by Crippen LogP contribution is -3.00. The molecular weight excluding hydrogens is 457 g/mol. The van der Waals surface area contributed by atoms with Gasteiger partial charge in [0, 0.05) is 50.2 Å². The molecule has 0 aliphatic carbocycles. The van der Waals surface area contributed by atoms with Gasteiger partial charge >= 0.3 is 6.18 Å². The highest BCUT2D eigenvalue weighted by Crippen LogP contribution is 2.32. The number of anilines is 1. The van der Waals surface area contributed by atoms with Gasteiger partial charge in [0.05, 0.1) is 16.5 Å². The van der Waals surface area contributed by atoms with Crippen LogP contribution in [0.4, 0.5) is 18.9 Å². The Balaban J connectivity index is 0.00000153. The quantitative estimate of drug-likeness (QED) is 0.525. The van der Waals surface area contributed by atoms with Crippen molar-refractivity contribution in [2.45, 2.75) is 19.1 Å². The Labute approximate surface area is 194 Å². The lowest BCUT2D eigenvalue weighted by molar-refractivity contribution is -0.137. The van der Waals surface area contributed by atoms with E-state index < -0.39 is 11.7 Å². The molecular formula is C23H23ClF3N4O2-. The van der Waals surface area contributed by atoms with Crippen molar-refractivity contribution in [2.75, 3.05) is 31.1 Å². The number of halogens is 4.